The van der Waals surface area contributed by atoms with Crippen LogP contribution in [0.5, 0.6) is 0 Å². The van der Waals surface area contributed by atoms with Gasteiger partial charge in [0, 0.05) is 38.9 Å². The average Bonchev–Trinajstić information content (AvgIpc) is 3.38. The number of alkyl carbamates (subject to hydrolysis) is 2. The van der Waals surface area contributed by atoms with E-state index in [0.717, 1.165) is 18.8 Å². The smallest absolute Gasteiger partial charge is 0.450 e. The van der Waals surface area contributed by atoms with E-state index in [1.54, 1.807) is 13.8 Å². The lowest BCUT2D eigenvalue weighted by Gasteiger charge is -2.27. The minimum Gasteiger partial charge on any atom is -0.450 e. The molecule has 3 amide bonds. The number of ether oxygens (including phenoxy) is 3. The minimum absolute atomic E-state index is 0.0441. The maximum absolute atomic E-state index is 13.2. The summed E-state index contributed by atoms with van der Waals surface area (Å²) in [5.41, 5.74) is -1.41. The van der Waals surface area contributed by atoms with Crippen LogP contribution in [-0.4, -0.2) is 97.6 Å². The quantitative estimate of drug-likeness (QED) is 0.143. The van der Waals surface area contributed by atoms with Crippen molar-refractivity contribution < 1.29 is 51.8 Å². The van der Waals surface area contributed by atoms with Gasteiger partial charge in [-0.15, -0.1) is 0 Å². The van der Waals surface area contributed by atoms with Crippen LogP contribution in [0.4, 0.5) is 9.59 Å². The molecule has 3 unspecified atom stereocenters. The maximum Gasteiger partial charge on any atom is 0.474 e. The number of amides is 3. The molecule has 2 heterocycles. The second-order valence-corrected chi connectivity index (χ2v) is 11.3. The molecule has 19 heteroatoms. The van der Waals surface area contributed by atoms with E-state index >= 15 is 0 Å². The summed E-state index contributed by atoms with van der Waals surface area (Å²) in [7, 11) is -1.69. The molecule has 0 bridgehead atoms. The fourth-order valence-corrected chi connectivity index (χ4v) is 5.30. The van der Waals surface area contributed by atoms with Gasteiger partial charge in [0.15, 0.2) is 0 Å². The first-order chi connectivity index (χ1) is 20.9. The summed E-state index contributed by atoms with van der Waals surface area (Å²) >= 11 is 0. The lowest BCUT2D eigenvalue weighted by Crippen LogP contribution is -2.59. The molecule has 5 atom stereocenters. The van der Waals surface area contributed by atoms with Gasteiger partial charge in [0.05, 0.1) is 25.9 Å². The number of hydrogen-bond donors (Lipinski definition) is 5. The predicted octanol–water partition coefficient (Wildman–Crippen LogP) is 0.291. The molecule has 2 rings (SSSR count). The summed E-state index contributed by atoms with van der Waals surface area (Å²) in [6.07, 6.45) is -2.56. The van der Waals surface area contributed by atoms with Crippen LogP contribution in [0.25, 0.3) is 0 Å². The van der Waals surface area contributed by atoms with Gasteiger partial charge in [0.1, 0.15) is 24.5 Å². The Morgan fingerprint density at radius 3 is 2.32 bits per heavy atom. The van der Waals surface area contributed by atoms with Gasteiger partial charge in [-0.1, -0.05) is 13.3 Å². The van der Waals surface area contributed by atoms with Crippen LogP contribution in [-0.2, 0) is 43.6 Å². The van der Waals surface area contributed by atoms with Gasteiger partial charge >= 0.3 is 25.7 Å². The number of phosphoric acid groups is 1. The Morgan fingerprint density at radius 1 is 1.11 bits per heavy atom. The van der Waals surface area contributed by atoms with Gasteiger partial charge in [-0.25, -0.2) is 18.9 Å². The first kappa shape index (κ1) is 36.9. The zero-order chi connectivity index (χ0) is 32.9. The van der Waals surface area contributed by atoms with Crippen LogP contribution < -0.4 is 27.2 Å². The molecule has 1 aromatic rings. The topological polar surface area (TPSA) is 235 Å². The van der Waals surface area contributed by atoms with Crippen molar-refractivity contribution in [2.45, 2.75) is 77.0 Å². The van der Waals surface area contributed by atoms with Crippen molar-refractivity contribution in [3.8, 4) is 0 Å². The van der Waals surface area contributed by atoms with Crippen molar-refractivity contribution in [3.63, 3.8) is 0 Å². The molecule has 1 aromatic heterocycles. The summed E-state index contributed by atoms with van der Waals surface area (Å²) in [6, 6.07) is -2.07. The van der Waals surface area contributed by atoms with Gasteiger partial charge < -0.3 is 35.3 Å². The van der Waals surface area contributed by atoms with E-state index in [1.165, 1.54) is 6.20 Å². The number of rotatable bonds is 17. The molecule has 0 saturated carbocycles. The zero-order valence-corrected chi connectivity index (χ0v) is 26.3. The Hall–Kier alpha value is -3.28. The number of aromatic nitrogens is 2. The fourth-order valence-electron chi connectivity index (χ4n) is 4.43. The standard InChI is InChI=1S/C25H42N5O13P/c1-6-9-16(27-24(35)40-7-2)20(28-25(36)41-8-3)22(33)26-11-10-15-13-30(23(34)29-21(15)32)19-12-17(18(14-31)42-19)43-44(37,38-4)39-5/h13,16-20,31H,6-12,14H2,1-5H3,(H,26,33)(H,27,35)(H,28,36)(H,29,32,34)/t16?,17-,18?,19-,20?/m0/s1. The first-order valence-corrected chi connectivity index (χ1v) is 15.6. The molecule has 0 aromatic carbocycles. The Balaban J connectivity index is 2.19. The number of aliphatic hydroxyl groups excluding tert-OH is 1. The number of carbonyl (C=O) groups is 3. The highest BCUT2D eigenvalue weighted by atomic mass is 31.2. The molecule has 18 nitrogen and oxygen atoms in total. The molecular weight excluding hydrogens is 609 g/mol. The molecule has 0 spiro atoms. The number of nitrogens with one attached hydrogen (secondary N) is 4. The van der Waals surface area contributed by atoms with Crippen LogP contribution in [0.15, 0.2) is 15.8 Å². The lowest BCUT2D eigenvalue weighted by atomic mass is 10.0. The van der Waals surface area contributed by atoms with Crippen molar-refractivity contribution in [1.29, 1.82) is 0 Å². The number of aliphatic hydroxyl groups is 1. The first-order valence-electron chi connectivity index (χ1n) is 14.1. The third-order valence-electron chi connectivity index (χ3n) is 6.53. The monoisotopic (exact) mass is 651 g/mol. The second kappa shape index (κ2) is 17.9. The van der Waals surface area contributed by atoms with Crippen LogP contribution in [0.2, 0.25) is 0 Å². The van der Waals surface area contributed by atoms with E-state index in [4.69, 9.17) is 27.8 Å². The lowest BCUT2D eigenvalue weighted by molar-refractivity contribution is -0.123. The van der Waals surface area contributed by atoms with E-state index in [2.05, 4.69) is 20.9 Å². The summed E-state index contributed by atoms with van der Waals surface area (Å²) in [5.74, 6) is -0.663. The van der Waals surface area contributed by atoms with Crippen molar-refractivity contribution in [3.05, 3.63) is 32.6 Å². The van der Waals surface area contributed by atoms with Crippen molar-refractivity contribution in [1.82, 2.24) is 25.5 Å². The number of phosphoric ester groups is 1. The van der Waals surface area contributed by atoms with E-state index in [-0.39, 0.29) is 38.2 Å². The molecule has 1 fully saturated rings. The highest BCUT2D eigenvalue weighted by Gasteiger charge is 2.42. The van der Waals surface area contributed by atoms with E-state index < -0.39 is 74.3 Å². The van der Waals surface area contributed by atoms with Gasteiger partial charge in [0.2, 0.25) is 5.91 Å². The fraction of sp³-hybridized carbons (Fsp3) is 0.720. The minimum atomic E-state index is -3.94. The Kier molecular flexibility index (Phi) is 15.0. The zero-order valence-electron chi connectivity index (χ0n) is 25.4. The molecule has 0 radical (unpaired) electrons. The maximum atomic E-state index is 13.2. The SMILES string of the molecule is CCCC(NC(=O)OCC)C(NC(=O)OCC)C(=O)NCCc1cn([C@@H]2C[C@H](OP(=O)(OC)OC)C(CO)O2)c(=O)[nH]c1=O. The summed E-state index contributed by atoms with van der Waals surface area (Å²) in [5, 5.41) is 17.4. The number of hydrogen-bond acceptors (Lipinski definition) is 13. The number of nitrogens with zero attached hydrogens (tertiary/aromatic N) is 1. The molecular formula is C25H42N5O13P. The van der Waals surface area contributed by atoms with E-state index in [1.807, 2.05) is 6.92 Å². The largest absolute Gasteiger partial charge is 0.474 e. The third kappa shape index (κ3) is 10.4. The predicted molar refractivity (Wildman–Crippen MR) is 153 cm³/mol. The Labute approximate surface area is 253 Å². The summed E-state index contributed by atoms with van der Waals surface area (Å²) < 4.78 is 44.0. The number of aromatic amines is 1. The summed E-state index contributed by atoms with van der Waals surface area (Å²) in [4.78, 5) is 64.9. The van der Waals surface area contributed by atoms with Gasteiger partial charge in [-0.05, 0) is 26.7 Å². The van der Waals surface area contributed by atoms with Gasteiger partial charge in [0.25, 0.3) is 5.56 Å². The van der Waals surface area contributed by atoms with Crippen LogP contribution in [0.1, 0.15) is 51.8 Å². The normalized spacial score (nSPS) is 19.5. The Morgan fingerprint density at radius 2 is 1.75 bits per heavy atom. The molecule has 5 N–H and O–H groups in total. The number of carbonyl (C=O) groups excluding carboxylic acids is 3. The molecule has 1 aliphatic rings. The average molecular weight is 652 g/mol. The molecule has 1 saturated heterocycles. The van der Waals surface area contributed by atoms with E-state index in [9.17, 15) is 33.6 Å². The van der Waals surface area contributed by atoms with E-state index in [0.29, 0.717) is 12.8 Å². The van der Waals surface area contributed by atoms with Crippen molar-refractivity contribution >= 4 is 25.9 Å². The molecule has 44 heavy (non-hydrogen) atoms. The number of H-pyrrole nitrogens is 1. The third-order valence-corrected chi connectivity index (χ3v) is 7.95. The summed E-state index contributed by atoms with van der Waals surface area (Å²) in [6.45, 7) is 4.58. The van der Waals surface area contributed by atoms with Crippen LogP contribution in [0.3, 0.4) is 0 Å². The van der Waals surface area contributed by atoms with Crippen molar-refractivity contribution in [2.75, 3.05) is 40.6 Å². The molecule has 250 valence electrons. The Bertz CT molecular complexity index is 1260. The van der Waals surface area contributed by atoms with Crippen LogP contribution >= 0.6 is 7.82 Å². The van der Waals surface area contributed by atoms with Crippen molar-refractivity contribution in [2.24, 2.45) is 0 Å². The van der Waals surface area contributed by atoms with Gasteiger partial charge in [-0.3, -0.25) is 32.7 Å². The highest BCUT2D eigenvalue weighted by Crippen LogP contribution is 2.51. The second-order valence-electron chi connectivity index (χ2n) is 9.47. The van der Waals surface area contributed by atoms with Gasteiger partial charge in [-0.2, -0.15) is 0 Å². The molecule has 0 aliphatic carbocycles. The molecule has 1 aliphatic heterocycles. The van der Waals surface area contributed by atoms with Crippen LogP contribution in [0, 0.1) is 0 Å². The highest BCUT2D eigenvalue weighted by molar-refractivity contribution is 7.48.